The highest BCUT2D eigenvalue weighted by molar-refractivity contribution is 5.24. The zero-order valence-corrected chi connectivity index (χ0v) is 15.1. The van der Waals surface area contributed by atoms with Crippen LogP contribution in [0.4, 0.5) is 0 Å². The zero-order chi connectivity index (χ0) is 15.9. The molecule has 1 aromatic rings. The average Bonchev–Trinajstić information content (AvgIpc) is 2.57. The standard InChI is InChI=1S/C21H35N/c1-5-18(19-14-12-17(3)13-15-19)16-20(6-2)22(4)21-10-8-7-9-11-21/h12-15,18,20-21H,5-11,16H2,1-4H3/t18-,20+/m1/s1. The van der Waals surface area contributed by atoms with E-state index in [-0.39, 0.29) is 0 Å². The average molecular weight is 302 g/mol. The number of benzene rings is 1. The molecule has 1 aliphatic rings. The van der Waals surface area contributed by atoms with Crippen LogP contribution in [0.5, 0.6) is 0 Å². The maximum Gasteiger partial charge on any atom is 0.00983 e. The molecular weight excluding hydrogens is 266 g/mol. The smallest absolute Gasteiger partial charge is 0.00983 e. The van der Waals surface area contributed by atoms with Crippen molar-refractivity contribution in [2.24, 2.45) is 0 Å². The molecule has 22 heavy (non-hydrogen) atoms. The molecule has 1 aromatic carbocycles. The van der Waals surface area contributed by atoms with E-state index in [1.54, 1.807) is 0 Å². The van der Waals surface area contributed by atoms with Crippen LogP contribution in [0.15, 0.2) is 24.3 Å². The Hall–Kier alpha value is -0.820. The van der Waals surface area contributed by atoms with Gasteiger partial charge in [0.15, 0.2) is 0 Å². The van der Waals surface area contributed by atoms with Crippen molar-refractivity contribution < 1.29 is 0 Å². The molecule has 0 radical (unpaired) electrons. The van der Waals surface area contributed by atoms with Gasteiger partial charge in [-0.05, 0) is 57.6 Å². The zero-order valence-electron chi connectivity index (χ0n) is 15.1. The minimum atomic E-state index is 0.705. The molecule has 0 aliphatic heterocycles. The first-order valence-electron chi connectivity index (χ1n) is 9.44. The van der Waals surface area contributed by atoms with E-state index in [1.165, 1.54) is 62.5 Å². The molecule has 2 atom stereocenters. The van der Waals surface area contributed by atoms with Crippen LogP contribution in [-0.4, -0.2) is 24.0 Å². The van der Waals surface area contributed by atoms with E-state index >= 15 is 0 Å². The van der Waals surface area contributed by atoms with Gasteiger partial charge >= 0.3 is 0 Å². The summed E-state index contributed by atoms with van der Waals surface area (Å²) in [6.45, 7) is 6.89. The first-order chi connectivity index (χ1) is 10.7. The molecule has 0 unspecified atom stereocenters. The van der Waals surface area contributed by atoms with Gasteiger partial charge in [-0.2, -0.15) is 0 Å². The Morgan fingerprint density at radius 3 is 2.18 bits per heavy atom. The molecule has 0 saturated heterocycles. The molecule has 1 saturated carbocycles. The van der Waals surface area contributed by atoms with Crippen molar-refractivity contribution in [2.75, 3.05) is 7.05 Å². The Morgan fingerprint density at radius 1 is 1.00 bits per heavy atom. The third-order valence-corrected chi connectivity index (χ3v) is 5.80. The van der Waals surface area contributed by atoms with Gasteiger partial charge in [-0.25, -0.2) is 0 Å². The van der Waals surface area contributed by atoms with Crippen LogP contribution < -0.4 is 0 Å². The van der Waals surface area contributed by atoms with Crippen molar-refractivity contribution >= 4 is 0 Å². The summed E-state index contributed by atoms with van der Waals surface area (Å²) >= 11 is 0. The fourth-order valence-corrected chi connectivity index (χ4v) is 4.11. The number of rotatable bonds is 7. The summed E-state index contributed by atoms with van der Waals surface area (Å²) in [6, 6.07) is 10.8. The van der Waals surface area contributed by atoms with Gasteiger partial charge in [-0.1, -0.05) is 62.9 Å². The van der Waals surface area contributed by atoms with Crippen LogP contribution in [0, 0.1) is 6.92 Å². The summed E-state index contributed by atoms with van der Waals surface area (Å²) in [4.78, 5) is 2.72. The maximum atomic E-state index is 2.72. The van der Waals surface area contributed by atoms with E-state index in [4.69, 9.17) is 0 Å². The third kappa shape index (κ3) is 4.59. The normalized spacial score (nSPS) is 19.3. The molecule has 124 valence electrons. The van der Waals surface area contributed by atoms with Gasteiger partial charge in [-0.3, -0.25) is 0 Å². The fourth-order valence-electron chi connectivity index (χ4n) is 4.11. The molecule has 1 nitrogen and oxygen atoms in total. The van der Waals surface area contributed by atoms with Crippen molar-refractivity contribution in [3.8, 4) is 0 Å². The lowest BCUT2D eigenvalue weighted by Crippen LogP contribution is -2.41. The van der Waals surface area contributed by atoms with Crippen LogP contribution >= 0.6 is 0 Å². The summed E-state index contributed by atoms with van der Waals surface area (Å²) in [5.41, 5.74) is 2.90. The molecule has 0 aromatic heterocycles. The van der Waals surface area contributed by atoms with Crippen molar-refractivity contribution in [3.63, 3.8) is 0 Å². The molecule has 1 fully saturated rings. The van der Waals surface area contributed by atoms with E-state index in [9.17, 15) is 0 Å². The minimum Gasteiger partial charge on any atom is -0.300 e. The van der Waals surface area contributed by atoms with E-state index in [0.29, 0.717) is 5.92 Å². The Balaban J connectivity index is 2.01. The molecule has 0 heterocycles. The number of hydrogen-bond donors (Lipinski definition) is 0. The second kappa shape index (κ2) is 8.72. The van der Waals surface area contributed by atoms with E-state index in [2.05, 4.69) is 57.0 Å². The minimum absolute atomic E-state index is 0.705. The van der Waals surface area contributed by atoms with Gasteiger partial charge in [-0.15, -0.1) is 0 Å². The second-order valence-electron chi connectivity index (χ2n) is 7.27. The third-order valence-electron chi connectivity index (χ3n) is 5.80. The Bertz CT molecular complexity index is 416. The van der Waals surface area contributed by atoms with Crippen LogP contribution in [0.25, 0.3) is 0 Å². The van der Waals surface area contributed by atoms with E-state index in [1.807, 2.05) is 0 Å². The van der Waals surface area contributed by atoms with Crippen LogP contribution in [0.1, 0.15) is 82.3 Å². The Labute approximate surface area is 138 Å². The van der Waals surface area contributed by atoms with Crippen molar-refractivity contribution in [1.82, 2.24) is 4.90 Å². The summed E-state index contributed by atoms with van der Waals surface area (Å²) in [5.74, 6) is 0.705. The largest absolute Gasteiger partial charge is 0.300 e. The maximum absolute atomic E-state index is 2.72. The lowest BCUT2D eigenvalue weighted by molar-refractivity contribution is 0.122. The molecular formula is C21H35N. The number of hydrogen-bond acceptors (Lipinski definition) is 1. The summed E-state index contributed by atoms with van der Waals surface area (Å²) < 4.78 is 0. The second-order valence-corrected chi connectivity index (χ2v) is 7.27. The van der Waals surface area contributed by atoms with Gasteiger partial charge < -0.3 is 4.90 Å². The summed E-state index contributed by atoms with van der Waals surface area (Å²) in [5, 5.41) is 0. The summed E-state index contributed by atoms with van der Waals surface area (Å²) in [6.07, 6.45) is 11.0. The highest BCUT2D eigenvalue weighted by Gasteiger charge is 2.25. The van der Waals surface area contributed by atoms with Crippen LogP contribution in [0.2, 0.25) is 0 Å². The lowest BCUT2D eigenvalue weighted by atomic mass is 9.86. The molecule has 1 aliphatic carbocycles. The first kappa shape index (κ1) is 17.5. The van der Waals surface area contributed by atoms with E-state index < -0.39 is 0 Å². The number of aryl methyl sites for hydroxylation is 1. The summed E-state index contributed by atoms with van der Waals surface area (Å²) in [7, 11) is 2.38. The molecule has 0 spiro atoms. The molecule has 2 rings (SSSR count). The monoisotopic (exact) mass is 301 g/mol. The highest BCUT2D eigenvalue weighted by Crippen LogP contribution is 2.30. The number of nitrogens with zero attached hydrogens (tertiary/aromatic N) is 1. The molecule has 0 N–H and O–H groups in total. The molecule has 0 bridgehead atoms. The quantitative estimate of drug-likeness (QED) is 0.604. The highest BCUT2D eigenvalue weighted by atomic mass is 15.2. The lowest BCUT2D eigenvalue weighted by Gasteiger charge is -2.38. The van der Waals surface area contributed by atoms with Gasteiger partial charge in [0.1, 0.15) is 0 Å². The Morgan fingerprint density at radius 2 is 1.64 bits per heavy atom. The van der Waals surface area contributed by atoms with Crippen molar-refractivity contribution in [2.45, 2.75) is 90.1 Å². The van der Waals surface area contributed by atoms with Crippen LogP contribution in [-0.2, 0) is 0 Å². The van der Waals surface area contributed by atoms with Gasteiger partial charge in [0.2, 0.25) is 0 Å². The molecule has 1 heteroatoms. The SMILES string of the molecule is CC[C@H](C[C@H](CC)N(C)C1CCCCC1)c1ccc(C)cc1. The first-order valence-corrected chi connectivity index (χ1v) is 9.44. The van der Waals surface area contributed by atoms with E-state index in [0.717, 1.165) is 12.1 Å². The van der Waals surface area contributed by atoms with Gasteiger partial charge in [0, 0.05) is 12.1 Å². The molecule has 0 amide bonds. The van der Waals surface area contributed by atoms with Crippen LogP contribution in [0.3, 0.4) is 0 Å². The van der Waals surface area contributed by atoms with Gasteiger partial charge in [0.25, 0.3) is 0 Å². The van der Waals surface area contributed by atoms with Gasteiger partial charge in [0.05, 0.1) is 0 Å². The topological polar surface area (TPSA) is 3.24 Å². The Kier molecular flexibility index (Phi) is 6.95. The van der Waals surface area contributed by atoms with Crippen molar-refractivity contribution in [3.05, 3.63) is 35.4 Å². The predicted molar refractivity (Wildman–Crippen MR) is 97.5 cm³/mol. The predicted octanol–water partition coefficient (Wildman–Crippen LogP) is 5.92. The van der Waals surface area contributed by atoms with Crippen molar-refractivity contribution in [1.29, 1.82) is 0 Å². The fraction of sp³-hybridized carbons (Fsp3) is 0.714.